The van der Waals surface area contributed by atoms with Crippen molar-refractivity contribution >= 4 is 17.2 Å². The average molecular weight is 254 g/mol. The van der Waals surface area contributed by atoms with Gasteiger partial charge < -0.3 is 8.98 Å². The maximum Gasteiger partial charge on any atom is 0.185 e. The van der Waals surface area contributed by atoms with E-state index >= 15 is 0 Å². The van der Waals surface area contributed by atoms with Crippen molar-refractivity contribution in [3.05, 3.63) is 41.6 Å². The predicted molar refractivity (Wildman–Crippen MR) is 73.3 cm³/mol. The SMILES string of the molecule is Cc1oc(C=O)c(C)c1-c1nccc2c1ccn2C. The lowest BCUT2D eigenvalue weighted by atomic mass is 10.0. The van der Waals surface area contributed by atoms with Gasteiger partial charge in [0.2, 0.25) is 0 Å². The molecule has 0 saturated heterocycles. The van der Waals surface area contributed by atoms with Gasteiger partial charge in [0.25, 0.3) is 0 Å². The van der Waals surface area contributed by atoms with E-state index in [-0.39, 0.29) is 0 Å². The van der Waals surface area contributed by atoms with Gasteiger partial charge in [0.05, 0.1) is 11.2 Å². The summed E-state index contributed by atoms with van der Waals surface area (Å²) in [6.07, 6.45) is 4.53. The number of pyridine rings is 1. The molecular weight excluding hydrogens is 240 g/mol. The Morgan fingerprint density at radius 3 is 2.79 bits per heavy atom. The Kier molecular flexibility index (Phi) is 2.52. The number of fused-ring (bicyclic) bond motifs is 1. The molecule has 19 heavy (non-hydrogen) atoms. The first-order valence-corrected chi connectivity index (χ1v) is 6.09. The van der Waals surface area contributed by atoms with E-state index in [1.54, 1.807) is 6.20 Å². The minimum absolute atomic E-state index is 0.377. The molecule has 3 heterocycles. The van der Waals surface area contributed by atoms with Crippen molar-refractivity contribution in [2.75, 3.05) is 0 Å². The van der Waals surface area contributed by atoms with Crippen LogP contribution in [0.15, 0.2) is 28.9 Å². The Morgan fingerprint density at radius 1 is 1.32 bits per heavy atom. The highest BCUT2D eigenvalue weighted by Gasteiger charge is 2.18. The van der Waals surface area contributed by atoms with Crippen molar-refractivity contribution in [3.8, 4) is 11.3 Å². The molecule has 0 atom stereocenters. The standard InChI is InChI=1S/C15H14N2O2/c1-9-13(8-18)19-10(2)14(9)15-11-5-7-17(3)12(11)4-6-16-15/h4-8H,1-3H3. The van der Waals surface area contributed by atoms with Crippen LogP contribution in [0.5, 0.6) is 0 Å². The summed E-state index contributed by atoms with van der Waals surface area (Å²) < 4.78 is 7.54. The molecule has 0 unspecified atom stereocenters. The van der Waals surface area contributed by atoms with Gasteiger partial charge in [-0.2, -0.15) is 0 Å². The summed E-state index contributed by atoms with van der Waals surface area (Å²) in [5, 5.41) is 1.06. The second kappa shape index (κ2) is 4.09. The first-order valence-electron chi connectivity index (χ1n) is 6.09. The van der Waals surface area contributed by atoms with Crippen LogP contribution in [-0.2, 0) is 7.05 Å². The molecule has 0 aliphatic rings. The van der Waals surface area contributed by atoms with Crippen LogP contribution in [-0.4, -0.2) is 15.8 Å². The topological polar surface area (TPSA) is 48.0 Å². The summed E-state index contributed by atoms with van der Waals surface area (Å²) in [4.78, 5) is 15.4. The van der Waals surface area contributed by atoms with Crippen molar-refractivity contribution in [2.24, 2.45) is 7.05 Å². The van der Waals surface area contributed by atoms with Crippen LogP contribution in [0.25, 0.3) is 22.2 Å². The molecule has 3 aromatic heterocycles. The maximum atomic E-state index is 11.0. The Hall–Kier alpha value is -2.36. The van der Waals surface area contributed by atoms with Gasteiger partial charge in [-0.1, -0.05) is 0 Å². The molecule has 4 nitrogen and oxygen atoms in total. The van der Waals surface area contributed by atoms with Gasteiger partial charge in [0.1, 0.15) is 5.76 Å². The van der Waals surface area contributed by atoms with Gasteiger partial charge in [-0.3, -0.25) is 9.78 Å². The second-order valence-corrected chi connectivity index (χ2v) is 4.66. The minimum Gasteiger partial charge on any atom is -0.458 e. The maximum absolute atomic E-state index is 11.0. The molecule has 0 spiro atoms. The Labute approximate surface area is 110 Å². The summed E-state index contributed by atoms with van der Waals surface area (Å²) in [6.45, 7) is 3.75. The molecule has 0 radical (unpaired) electrons. The lowest BCUT2D eigenvalue weighted by Gasteiger charge is -2.03. The Bertz CT molecular complexity index is 781. The number of aryl methyl sites for hydroxylation is 2. The van der Waals surface area contributed by atoms with Crippen molar-refractivity contribution in [2.45, 2.75) is 13.8 Å². The van der Waals surface area contributed by atoms with Crippen LogP contribution < -0.4 is 0 Å². The van der Waals surface area contributed by atoms with Crippen molar-refractivity contribution in [1.82, 2.24) is 9.55 Å². The average Bonchev–Trinajstić information content (AvgIpc) is 2.91. The second-order valence-electron chi connectivity index (χ2n) is 4.66. The van der Waals surface area contributed by atoms with Gasteiger partial charge in [0, 0.05) is 36.0 Å². The third-order valence-corrected chi connectivity index (χ3v) is 3.52. The molecule has 4 heteroatoms. The monoisotopic (exact) mass is 254 g/mol. The summed E-state index contributed by atoms with van der Waals surface area (Å²) in [5.74, 6) is 1.10. The third-order valence-electron chi connectivity index (χ3n) is 3.52. The number of aldehydes is 1. The number of carbonyl (C=O) groups is 1. The van der Waals surface area contributed by atoms with Gasteiger partial charge in [-0.25, -0.2) is 0 Å². The molecular formula is C15H14N2O2. The lowest BCUT2D eigenvalue weighted by Crippen LogP contribution is -1.90. The van der Waals surface area contributed by atoms with E-state index in [1.165, 1.54) is 0 Å². The smallest absolute Gasteiger partial charge is 0.185 e. The predicted octanol–water partition coefficient (Wildman–Crippen LogP) is 3.26. The Balaban J connectivity index is 2.36. The van der Waals surface area contributed by atoms with Crippen LogP contribution in [0.2, 0.25) is 0 Å². The van der Waals surface area contributed by atoms with Gasteiger partial charge >= 0.3 is 0 Å². The molecule has 0 bridgehead atoms. The van der Waals surface area contributed by atoms with Crippen LogP contribution in [0.3, 0.4) is 0 Å². The van der Waals surface area contributed by atoms with Crippen molar-refractivity contribution in [3.63, 3.8) is 0 Å². The van der Waals surface area contributed by atoms with E-state index in [1.807, 2.05) is 43.8 Å². The fourth-order valence-electron chi connectivity index (χ4n) is 2.54. The Morgan fingerprint density at radius 2 is 2.11 bits per heavy atom. The largest absolute Gasteiger partial charge is 0.458 e. The zero-order valence-corrected chi connectivity index (χ0v) is 11.1. The lowest BCUT2D eigenvalue weighted by molar-refractivity contribution is 0.109. The van der Waals surface area contributed by atoms with E-state index in [2.05, 4.69) is 4.98 Å². The van der Waals surface area contributed by atoms with Crippen LogP contribution in [0, 0.1) is 13.8 Å². The van der Waals surface area contributed by atoms with Crippen molar-refractivity contribution in [1.29, 1.82) is 0 Å². The molecule has 0 amide bonds. The number of rotatable bonds is 2. The van der Waals surface area contributed by atoms with E-state index < -0.39 is 0 Å². The van der Waals surface area contributed by atoms with E-state index in [4.69, 9.17) is 4.42 Å². The summed E-state index contributed by atoms with van der Waals surface area (Å²) in [5.41, 5.74) is 3.73. The van der Waals surface area contributed by atoms with Crippen LogP contribution in [0.1, 0.15) is 21.9 Å². The number of hydrogen-bond acceptors (Lipinski definition) is 3. The van der Waals surface area contributed by atoms with Gasteiger partial charge in [-0.05, 0) is 26.0 Å². The van der Waals surface area contributed by atoms with Crippen LogP contribution >= 0.6 is 0 Å². The highest BCUT2D eigenvalue weighted by molar-refractivity contribution is 5.95. The number of aromatic nitrogens is 2. The molecule has 3 rings (SSSR count). The molecule has 0 aliphatic heterocycles. The van der Waals surface area contributed by atoms with Crippen LogP contribution in [0.4, 0.5) is 0 Å². The van der Waals surface area contributed by atoms with Crippen molar-refractivity contribution < 1.29 is 9.21 Å². The highest BCUT2D eigenvalue weighted by atomic mass is 16.3. The third kappa shape index (κ3) is 1.60. The molecule has 0 aromatic carbocycles. The van der Waals surface area contributed by atoms with E-state index in [9.17, 15) is 4.79 Å². The van der Waals surface area contributed by atoms with E-state index in [0.29, 0.717) is 5.76 Å². The minimum atomic E-state index is 0.377. The first-order chi connectivity index (χ1) is 9.13. The number of hydrogen-bond donors (Lipinski definition) is 0. The molecule has 0 N–H and O–H groups in total. The number of furan rings is 1. The molecule has 0 fully saturated rings. The summed E-state index contributed by atoms with van der Waals surface area (Å²) in [6, 6.07) is 4.01. The van der Waals surface area contributed by atoms with E-state index in [0.717, 1.165) is 39.8 Å². The molecule has 96 valence electrons. The number of nitrogens with zero attached hydrogens (tertiary/aromatic N) is 2. The molecule has 0 saturated carbocycles. The first kappa shape index (κ1) is 11.7. The molecule has 3 aromatic rings. The molecule has 0 aliphatic carbocycles. The normalized spacial score (nSPS) is 11.1. The number of carbonyl (C=O) groups excluding carboxylic acids is 1. The fourth-order valence-corrected chi connectivity index (χ4v) is 2.54. The highest BCUT2D eigenvalue weighted by Crippen LogP contribution is 2.34. The zero-order valence-electron chi connectivity index (χ0n) is 11.1. The van der Waals surface area contributed by atoms with Gasteiger partial charge in [0.15, 0.2) is 12.0 Å². The summed E-state index contributed by atoms with van der Waals surface area (Å²) >= 11 is 0. The summed E-state index contributed by atoms with van der Waals surface area (Å²) in [7, 11) is 2.00. The quantitative estimate of drug-likeness (QED) is 0.659. The van der Waals surface area contributed by atoms with Gasteiger partial charge in [-0.15, -0.1) is 0 Å². The fraction of sp³-hybridized carbons (Fsp3) is 0.200. The zero-order chi connectivity index (χ0) is 13.6.